The second-order valence-corrected chi connectivity index (χ2v) is 2.35. The van der Waals surface area contributed by atoms with E-state index in [2.05, 4.69) is 5.16 Å². The maximum absolute atomic E-state index is 11.0. The minimum absolute atomic E-state index is 0.0515. The summed E-state index contributed by atoms with van der Waals surface area (Å²) in [6.07, 6.45) is 0.636. The largest absolute Gasteiger partial charge is 0.361 e. The number of hydrogen-bond donors (Lipinski definition) is 2. The normalized spacial score (nSPS) is 9.62. The van der Waals surface area contributed by atoms with Gasteiger partial charge < -0.3 is 10.3 Å². The SMILES string of the molecule is CCc1cc(C(=O)NC(N)=O)no1. The molecule has 1 aromatic heterocycles. The Morgan fingerprint density at radius 1 is 1.69 bits per heavy atom. The summed E-state index contributed by atoms with van der Waals surface area (Å²) >= 11 is 0. The molecule has 0 aliphatic rings. The molecule has 1 aromatic rings. The molecule has 0 atom stereocenters. The van der Waals surface area contributed by atoms with Crippen LogP contribution in [0.15, 0.2) is 10.6 Å². The van der Waals surface area contributed by atoms with Crippen LogP contribution in [0.5, 0.6) is 0 Å². The summed E-state index contributed by atoms with van der Waals surface area (Å²) < 4.78 is 4.75. The Bertz CT molecular complexity index is 331. The molecule has 1 rings (SSSR count). The van der Waals surface area contributed by atoms with Crippen molar-refractivity contribution >= 4 is 11.9 Å². The molecule has 0 aromatic carbocycles. The first kappa shape index (κ1) is 9.24. The van der Waals surface area contributed by atoms with E-state index in [4.69, 9.17) is 10.3 Å². The molecule has 13 heavy (non-hydrogen) atoms. The third kappa shape index (κ3) is 2.29. The molecule has 0 bridgehead atoms. The van der Waals surface area contributed by atoms with E-state index in [1.54, 1.807) is 0 Å². The van der Waals surface area contributed by atoms with Crippen LogP contribution in [0.2, 0.25) is 0 Å². The molecule has 0 saturated heterocycles. The standard InChI is InChI=1S/C7H9N3O3/c1-2-4-3-5(10-13-4)6(11)9-7(8)12/h3H,2H2,1H3,(H3,8,9,11,12). The molecule has 0 radical (unpaired) electrons. The van der Waals surface area contributed by atoms with Crippen LogP contribution >= 0.6 is 0 Å². The fraction of sp³-hybridized carbons (Fsp3) is 0.286. The molecule has 3 N–H and O–H groups in total. The molecule has 0 unspecified atom stereocenters. The summed E-state index contributed by atoms with van der Waals surface area (Å²) in [5.74, 6) is -0.0782. The number of nitrogens with two attached hydrogens (primary N) is 1. The minimum atomic E-state index is -0.911. The fourth-order valence-electron chi connectivity index (χ4n) is 0.763. The molecule has 0 aliphatic carbocycles. The van der Waals surface area contributed by atoms with E-state index >= 15 is 0 Å². The number of imide groups is 1. The highest BCUT2D eigenvalue weighted by molar-refractivity contribution is 6.02. The summed E-state index contributed by atoms with van der Waals surface area (Å²) in [5.41, 5.74) is 4.79. The third-order valence-corrected chi connectivity index (χ3v) is 1.38. The van der Waals surface area contributed by atoms with Gasteiger partial charge in [-0.1, -0.05) is 12.1 Å². The van der Waals surface area contributed by atoms with Crippen molar-refractivity contribution in [2.24, 2.45) is 5.73 Å². The molecule has 0 saturated carbocycles. The van der Waals surface area contributed by atoms with E-state index in [-0.39, 0.29) is 5.69 Å². The summed E-state index contributed by atoms with van der Waals surface area (Å²) in [6.45, 7) is 1.86. The molecule has 0 fully saturated rings. The van der Waals surface area contributed by atoms with Crippen molar-refractivity contribution < 1.29 is 14.1 Å². The maximum Gasteiger partial charge on any atom is 0.319 e. The number of carbonyl (C=O) groups excluding carboxylic acids is 2. The number of urea groups is 1. The van der Waals surface area contributed by atoms with Crippen molar-refractivity contribution in [3.63, 3.8) is 0 Å². The number of primary amides is 1. The number of hydrogen-bond acceptors (Lipinski definition) is 4. The molecule has 6 heteroatoms. The predicted octanol–water partition coefficient (Wildman–Crippen LogP) is 0.0455. The smallest absolute Gasteiger partial charge is 0.319 e. The van der Waals surface area contributed by atoms with Crippen LogP contribution in [0.3, 0.4) is 0 Å². The highest BCUT2D eigenvalue weighted by Gasteiger charge is 2.12. The van der Waals surface area contributed by atoms with Crippen molar-refractivity contribution in [1.29, 1.82) is 0 Å². The van der Waals surface area contributed by atoms with Gasteiger partial charge in [-0.25, -0.2) is 4.79 Å². The van der Waals surface area contributed by atoms with Crippen molar-refractivity contribution in [2.75, 3.05) is 0 Å². The molecule has 0 aliphatic heterocycles. The van der Waals surface area contributed by atoms with Crippen LogP contribution in [0, 0.1) is 0 Å². The lowest BCUT2D eigenvalue weighted by atomic mass is 10.3. The highest BCUT2D eigenvalue weighted by Crippen LogP contribution is 2.03. The number of nitrogens with zero attached hydrogens (tertiary/aromatic N) is 1. The van der Waals surface area contributed by atoms with E-state index in [0.717, 1.165) is 0 Å². The Labute approximate surface area is 74.1 Å². The molecular formula is C7H9N3O3. The van der Waals surface area contributed by atoms with Gasteiger partial charge in [-0.15, -0.1) is 0 Å². The Morgan fingerprint density at radius 2 is 2.38 bits per heavy atom. The Kier molecular flexibility index (Phi) is 2.63. The van der Waals surface area contributed by atoms with E-state index in [1.807, 2.05) is 12.2 Å². The van der Waals surface area contributed by atoms with Crippen LogP contribution < -0.4 is 11.1 Å². The second kappa shape index (κ2) is 3.70. The summed E-state index contributed by atoms with van der Waals surface area (Å²) in [4.78, 5) is 21.3. The highest BCUT2D eigenvalue weighted by atomic mass is 16.5. The zero-order valence-corrected chi connectivity index (χ0v) is 7.03. The lowest BCUT2D eigenvalue weighted by molar-refractivity contribution is 0.0957. The first-order valence-corrected chi connectivity index (χ1v) is 3.70. The molecule has 6 nitrogen and oxygen atoms in total. The lowest BCUT2D eigenvalue weighted by Crippen LogP contribution is -2.35. The monoisotopic (exact) mass is 183 g/mol. The number of aromatic nitrogens is 1. The molecular weight excluding hydrogens is 174 g/mol. The maximum atomic E-state index is 11.0. The van der Waals surface area contributed by atoms with E-state index in [9.17, 15) is 9.59 Å². The number of carbonyl (C=O) groups is 2. The molecule has 0 spiro atoms. The summed E-state index contributed by atoms with van der Waals surface area (Å²) in [5, 5.41) is 5.32. The zero-order chi connectivity index (χ0) is 9.84. The van der Waals surface area contributed by atoms with Gasteiger partial charge in [-0.2, -0.15) is 0 Å². The van der Waals surface area contributed by atoms with Crippen molar-refractivity contribution in [3.8, 4) is 0 Å². The minimum Gasteiger partial charge on any atom is -0.361 e. The predicted molar refractivity (Wildman–Crippen MR) is 42.9 cm³/mol. The summed E-state index contributed by atoms with van der Waals surface area (Å²) in [7, 11) is 0. The number of aryl methyl sites for hydroxylation is 1. The van der Waals surface area contributed by atoms with Crippen LogP contribution in [-0.4, -0.2) is 17.1 Å². The van der Waals surface area contributed by atoms with Gasteiger partial charge in [0.25, 0.3) is 5.91 Å². The number of nitrogens with one attached hydrogen (secondary N) is 1. The lowest BCUT2D eigenvalue weighted by Gasteiger charge is -1.93. The zero-order valence-electron chi connectivity index (χ0n) is 7.03. The molecule has 3 amide bonds. The first-order chi connectivity index (χ1) is 6.13. The van der Waals surface area contributed by atoms with Crippen LogP contribution in [0.25, 0.3) is 0 Å². The molecule has 1 heterocycles. The Balaban J connectivity index is 2.71. The van der Waals surface area contributed by atoms with Crippen molar-refractivity contribution in [1.82, 2.24) is 10.5 Å². The summed E-state index contributed by atoms with van der Waals surface area (Å²) in [6, 6.07) is 0.546. The third-order valence-electron chi connectivity index (χ3n) is 1.38. The van der Waals surface area contributed by atoms with Gasteiger partial charge in [-0.05, 0) is 0 Å². The Morgan fingerprint density at radius 3 is 2.85 bits per heavy atom. The average Bonchev–Trinajstić information content (AvgIpc) is 2.50. The van der Waals surface area contributed by atoms with E-state index < -0.39 is 11.9 Å². The van der Waals surface area contributed by atoms with Gasteiger partial charge in [0.05, 0.1) is 0 Å². The van der Waals surface area contributed by atoms with Crippen molar-refractivity contribution in [2.45, 2.75) is 13.3 Å². The van der Waals surface area contributed by atoms with Crippen molar-refractivity contribution in [3.05, 3.63) is 17.5 Å². The van der Waals surface area contributed by atoms with Gasteiger partial charge in [0, 0.05) is 12.5 Å². The van der Waals surface area contributed by atoms with Crippen LogP contribution in [0.4, 0.5) is 4.79 Å². The second-order valence-electron chi connectivity index (χ2n) is 2.35. The Hall–Kier alpha value is -1.85. The van der Waals surface area contributed by atoms with Gasteiger partial charge in [0.2, 0.25) is 0 Å². The van der Waals surface area contributed by atoms with Gasteiger partial charge in [-0.3, -0.25) is 10.1 Å². The van der Waals surface area contributed by atoms with Gasteiger partial charge in [0.1, 0.15) is 5.76 Å². The topological polar surface area (TPSA) is 98.2 Å². The van der Waals surface area contributed by atoms with Gasteiger partial charge in [0.15, 0.2) is 5.69 Å². The average molecular weight is 183 g/mol. The number of amides is 3. The van der Waals surface area contributed by atoms with Gasteiger partial charge >= 0.3 is 6.03 Å². The number of rotatable bonds is 2. The van der Waals surface area contributed by atoms with E-state index in [1.165, 1.54) is 6.07 Å². The van der Waals surface area contributed by atoms with Crippen LogP contribution in [0.1, 0.15) is 23.2 Å². The molecule has 70 valence electrons. The first-order valence-electron chi connectivity index (χ1n) is 3.70. The fourth-order valence-corrected chi connectivity index (χ4v) is 0.763. The quantitative estimate of drug-likeness (QED) is 0.676. The van der Waals surface area contributed by atoms with E-state index in [0.29, 0.717) is 12.2 Å². The van der Waals surface area contributed by atoms with Crippen LogP contribution in [-0.2, 0) is 6.42 Å².